The van der Waals surface area contributed by atoms with E-state index in [-0.39, 0.29) is 35.4 Å². The third-order valence-corrected chi connectivity index (χ3v) is 9.56. The summed E-state index contributed by atoms with van der Waals surface area (Å²) in [4.78, 5) is 26.9. The molecule has 1 saturated carbocycles. The van der Waals surface area contributed by atoms with Crippen LogP contribution in [0.4, 0.5) is 8.78 Å². The van der Waals surface area contributed by atoms with Crippen molar-refractivity contribution >= 4 is 11.8 Å². The first kappa shape index (κ1) is 27.0. The summed E-state index contributed by atoms with van der Waals surface area (Å²) in [5, 5.41) is 0. The highest BCUT2D eigenvalue weighted by atomic mass is 19.1. The van der Waals surface area contributed by atoms with Crippen molar-refractivity contribution in [3.05, 3.63) is 71.3 Å². The van der Waals surface area contributed by atoms with Crippen molar-refractivity contribution in [2.24, 2.45) is 29.1 Å². The van der Waals surface area contributed by atoms with E-state index in [1.54, 1.807) is 0 Å². The molecular weight excluding hydrogens is 486 g/mol. The van der Waals surface area contributed by atoms with Crippen molar-refractivity contribution in [3.63, 3.8) is 0 Å². The average Bonchev–Trinajstić information content (AvgIpc) is 3.10. The number of Topliss-reactive ketones (excluding diaryl/α,β-unsaturated/α-hetero) is 1. The first-order valence-corrected chi connectivity index (χ1v) is 14.1. The lowest BCUT2D eigenvalue weighted by Gasteiger charge is -2.42. The van der Waals surface area contributed by atoms with E-state index in [4.69, 9.17) is 9.47 Å². The van der Waals surface area contributed by atoms with Crippen molar-refractivity contribution < 1.29 is 27.8 Å². The largest absolute Gasteiger partial charge is 0.465 e. The van der Waals surface area contributed by atoms with E-state index in [1.165, 1.54) is 12.1 Å². The number of hydrogen-bond acceptors (Lipinski definition) is 4. The highest BCUT2D eigenvalue weighted by Crippen LogP contribution is 2.50. The molecule has 3 aliphatic rings. The topological polar surface area (TPSA) is 52.6 Å². The summed E-state index contributed by atoms with van der Waals surface area (Å²) in [6.07, 6.45) is 5.85. The minimum atomic E-state index is -0.618. The van der Waals surface area contributed by atoms with E-state index >= 15 is 4.39 Å². The molecule has 2 aliphatic heterocycles. The fraction of sp³-hybridized carbons (Fsp3) is 0.562. The van der Waals surface area contributed by atoms with Crippen LogP contribution in [-0.4, -0.2) is 31.6 Å². The molecule has 0 radical (unpaired) electrons. The molecule has 2 aromatic carbocycles. The second kappa shape index (κ2) is 11.6. The van der Waals surface area contributed by atoms with Gasteiger partial charge in [-0.25, -0.2) is 8.78 Å². The zero-order valence-electron chi connectivity index (χ0n) is 22.2. The minimum Gasteiger partial charge on any atom is -0.465 e. The molecule has 38 heavy (non-hydrogen) atoms. The van der Waals surface area contributed by atoms with E-state index < -0.39 is 23.5 Å². The van der Waals surface area contributed by atoms with E-state index in [2.05, 4.69) is 6.92 Å². The van der Waals surface area contributed by atoms with E-state index in [0.717, 1.165) is 50.5 Å². The Bertz CT molecular complexity index is 1130. The summed E-state index contributed by atoms with van der Waals surface area (Å²) in [5.41, 5.74) is 1.59. The number of esters is 1. The Kier molecular flexibility index (Phi) is 8.27. The molecule has 5 atom stereocenters. The van der Waals surface area contributed by atoms with E-state index in [0.29, 0.717) is 37.4 Å². The predicted molar refractivity (Wildman–Crippen MR) is 140 cm³/mol. The maximum atomic E-state index is 15.1. The molecule has 5 rings (SSSR count). The third kappa shape index (κ3) is 5.85. The third-order valence-electron chi connectivity index (χ3n) is 9.56. The summed E-state index contributed by atoms with van der Waals surface area (Å²) in [6, 6.07) is 13.7. The van der Waals surface area contributed by atoms with Gasteiger partial charge in [0.2, 0.25) is 0 Å². The molecule has 4 unspecified atom stereocenters. The molecule has 2 saturated heterocycles. The number of carbonyl (C=O) groups excluding carboxylic acids is 2. The quantitative estimate of drug-likeness (QED) is 0.300. The molecule has 3 fully saturated rings. The zero-order chi connectivity index (χ0) is 26.7. The number of halogens is 2. The van der Waals surface area contributed by atoms with Crippen LogP contribution in [0.5, 0.6) is 0 Å². The summed E-state index contributed by atoms with van der Waals surface area (Å²) in [6.45, 7) is 4.05. The number of cyclic esters (lactones) is 1. The summed E-state index contributed by atoms with van der Waals surface area (Å²) in [5.74, 6) is -2.53. The van der Waals surface area contributed by atoms with Crippen LogP contribution in [0.15, 0.2) is 48.5 Å². The highest BCUT2D eigenvalue weighted by molar-refractivity contribution is 5.87. The Labute approximate surface area is 224 Å². The smallest absolute Gasteiger partial charge is 0.309 e. The number of rotatable bonds is 7. The molecule has 1 aliphatic carbocycles. The van der Waals surface area contributed by atoms with Gasteiger partial charge in [0, 0.05) is 37.5 Å². The molecule has 0 N–H and O–H groups in total. The fourth-order valence-electron chi connectivity index (χ4n) is 7.12. The normalized spacial score (nSPS) is 29.4. The van der Waals surface area contributed by atoms with Gasteiger partial charge in [-0.05, 0) is 73.0 Å². The van der Waals surface area contributed by atoms with Crippen LogP contribution in [0.25, 0.3) is 0 Å². The molecule has 2 aromatic rings. The lowest BCUT2D eigenvalue weighted by atomic mass is 9.66. The molecule has 0 bridgehead atoms. The second-order valence-corrected chi connectivity index (χ2v) is 11.9. The molecular formula is C32H38F2O4. The van der Waals surface area contributed by atoms with Gasteiger partial charge in [-0.15, -0.1) is 0 Å². The van der Waals surface area contributed by atoms with Crippen LogP contribution in [-0.2, 0) is 25.5 Å². The van der Waals surface area contributed by atoms with E-state index in [1.807, 2.05) is 30.3 Å². The van der Waals surface area contributed by atoms with Gasteiger partial charge < -0.3 is 9.47 Å². The Morgan fingerprint density at radius 1 is 1.05 bits per heavy atom. The SMILES string of the molecule is CC1(C2CCCC(c3ccc(F)cc3F)C(C(=O)CC3C(=O)OC[C@@H]3Cc3ccccc3)C2)CCOCC1. The fourth-order valence-corrected chi connectivity index (χ4v) is 7.12. The molecule has 0 amide bonds. The first-order valence-electron chi connectivity index (χ1n) is 14.1. The molecule has 0 aromatic heterocycles. The summed E-state index contributed by atoms with van der Waals surface area (Å²) < 4.78 is 39.9. The van der Waals surface area contributed by atoms with Crippen LogP contribution >= 0.6 is 0 Å². The van der Waals surface area contributed by atoms with Gasteiger partial charge in [-0.1, -0.05) is 49.7 Å². The average molecular weight is 525 g/mol. The van der Waals surface area contributed by atoms with Gasteiger partial charge in [0.25, 0.3) is 0 Å². The van der Waals surface area contributed by atoms with Gasteiger partial charge in [-0.3, -0.25) is 9.59 Å². The van der Waals surface area contributed by atoms with Crippen LogP contribution in [0.2, 0.25) is 0 Å². The molecule has 2 heterocycles. The Morgan fingerprint density at radius 3 is 2.55 bits per heavy atom. The van der Waals surface area contributed by atoms with Crippen molar-refractivity contribution in [2.75, 3.05) is 19.8 Å². The minimum absolute atomic E-state index is 0.00296. The van der Waals surface area contributed by atoms with Crippen molar-refractivity contribution in [1.82, 2.24) is 0 Å². The molecule has 0 spiro atoms. The maximum absolute atomic E-state index is 15.1. The van der Waals surface area contributed by atoms with Gasteiger partial charge in [0.1, 0.15) is 17.4 Å². The number of ether oxygens (including phenoxy) is 2. The number of hydrogen-bond donors (Lipinski definition) is 0. The standard InChI is InChI=1S/C32H38F2O4/c1-32(12-14-37-15-13-32)23-8-5-9-25(26-11-10-24(33)18-29(26)34)28(17-23)30(35)19-27-22(20-38-31(27)36)16-21-6-3-2-4-7-21/h2-4,6-7,10-11,18,22-23,25,27-28H,5,8-9,12-17,19-20H2,1H3/t22-,23?,25?,27?,28?/m0/s1. The second-order valence-electron chi connectivity index (χ2n) is 11.9. The number of carbonyl (C=O) groups is 2. The van der Waals surface area contributed by atoms with Crippen molar-refractivity contribution in [3.8, 4) is 0 Å². The van der Waals surface area contributed by atoms with Gasteiger partial charge in [0.15, 0.2) is 0 Å². The number of ketones is 1. The monoisotopic (exact) mass is 524 g/mol. The van der Waals surface area contributed by atoms with Crippen LogP contribution < -0.4 is 0 Å². The van der Waals surface area contributed by atoms with Gasteiger partial charge in [-0.2, -0.15) is 0 Å². The summed E-state index contributed by atoms with van der Waals surface area (Å²) in [7, 11) is 0. The Morgan fingerprint density at radius 2 is 1.82 bits per heavy atom. The maximum Gasteiger partial charge on any atom is 0.309 e. The zero-order valence-corrected chi connectivity index (χ0v) is 22.2. The van der Waals surface area contributed by atoms with Gasteiger partial charge in [0.05, 0.1) is 12.5 Å². The first-order chi connectivity index (χ1) is 18.3. The van der Waals surface area contributed by atoms with E-state index in [9.17, 15) is 14.0 Å². The van der Waals surface area contributed by atoms with Crippen molar-refractivity contribution in [1.29, 1.82) is 0 Å². The van der Waals surface area contributed by atoms with Crippen LogP contribution in [0, 0.1) is 40.7 Å². The predicted octanol–water partition coefficient (Wildman–Crippen LogP) is 6.66. The Hall–Kier alpha value is -2.60. The van der Waals surface area contributed by atoms with Crippen LogP contribution in [0.1, 0.15) is 68.9 Å². The molecule has 6 heteroatoms. The number of benzene rings is 2. The molecule has 204 valence electrons. The van der Waals surface area contributed by atoms with Crippen LogP contribution in [0.3, 0.4) is 0 Å². The molecule has 4 nitrogen and oxygen atoms in total. The lowest BCUT2D eigenvalue weighted by molar-refractivity contribution is -0.143. The highest BCUT2D eigenvalue weighted by Gasteiger charge is 2.45. The lowest BCUT2D eigenvalue weighted by Crippen LogP contribution is -2.36. The van der Waals surface area contributed by atoms with Gasteiger partial charge >= 0.3 is 5.97 Å². The summed E-state index contributed by atoms with van der Waals surface area (Å²) >= 11 is 0. The Balaban J connectivity index is 1.41. The van der Waals surface area contributed by atoms with Crippen molar-refractivity contribution in [2.45, 2.75) is 64.2 Å².